The Kier molecular flexibility index (Phi) is 6.57. The summed E-state index contributed by atoms with van der Waals surface area (Å²) in [7, 11) is 0. The Morgan fingerprint density at radius 2 is 1.91 bits per heavy atom. The number of furan rings is 1. The maximum atomic E-state index is 13.3. The molecule has 0 radical (unpaired) electrons. The molecule has 34 heavy (non-hydrogen) atoms. The summed E-state index contributed by atoms with van der Waals surface area (Å²) >= 11 is 12.2. The van der Waals surface area contributed by atoms with Crippen molar-refractivity contribution in [3.8, 4) is 11.3 Å². The lowest BCUT2D eigenvalue weighted by Crippen LogP contribution is -2.44. The van der Waals surface area contributed by atoms with Crippen LogP contribution < -0.4 is 5.43 Å². The lowest BCUT2D eigenvalue weighted by Gasteiger charge is -2.16. The number of hydrazine groups is 1. The van der Waals surface area contributed by atoms with Crippen LogP contribution in [0.25, 0.3) is 17.4 Å². The van der Waals surface area contributed by atoms with Crippen molar-refractivity contribution in [1.82, 2.24) is 10.4 Å². The zero-order chi connectivity index (χ0) is 24.6. The second-order valence-corrected chi connectivity index (χ2v) is 9.27. The summed E-state index contributed by atoms with van der Waals surface area (Å²) in [6.45, 7) is 1.82. The first kappa shape index (κ1) is 24.1. The minimum atomic E-state index is -4.55. The average molecular weight is 523 g/mol. The number of benzene rings is 2. The SMILES string of the molecule is Cc1ccc(C(=O)NN2C(=O)/C(=C\c3ccc(-c4ccccc4C(F)(F)F)o3)SC2=S)c(Cl)c1. The minimum Gasteiger partial charge on any atom is -0.457 e. The summed E-state index contributed by atoms with van der Waals surface area (Å²) in [5.41, 5.74) is 2.51. The number of hydrogen-bond donors (Lipinski definition) is 1. The molecule has 4 rings (SSSR count). The smallest absolute Gasteiger partial charge is 0.417 e. The molecule has 0 saturated carbocycles. The number of nitrogens with zero attached hydrogens (tertiary/aromatic N) is 1. The number of thiocarbonyl (C=S) groups is 1. The maximum Gasteiger partial charge on any atom is 0.417 e. The molecule has 1 fully saturated rings. The molecular formula is C23H14ClF3N2O3S2. The van der Waals surface area contributed by atoms with Crippen molar-refractivity contribution in [1.29, 1.82) is 0 Å². The molecule has 0 bridgehead atoms. The standard InChI is InChI=1S/C23H14ClF3N2O3S2/c1-12-6-8-15(17(24)10-12)20(30)28-29-21(31)19(34-22(29)33)11-13-7-9-18(32-13)14-4-2-3-5-16(14)23(25,26)27/h2-11H,1H3,(H,28,30)/b19-11+. The first-order chi connectivity index (χ1) is 16.0. The van der Waals surface area contributed by atoms with Gasteiger partial charge in [-0.15, -0.1) is 0 Å². The number of carbonyl (C=O) groups excluding carboxylic acids is 2. The number of alkyl halides is 3. The van der Waals surface area contributed by atoms with E-state index in [9.17, 15) is 22.8 Å². The van der Waals surface area contributed by atoms with E-state index in [1.54, 1.807) is 12.1 Å². The summed E-state index contributed by atoms with van der Waals surface area (Å²) < 4.78 is 45.6. The lowest BCUT2D eigenvalue weighted by atomic mass is 10.1. The van der Waals surface area contributed by atoms with Crippen LogP contribution in [-0.2, 0) is 11.0 Å². The van der Waals surface area contributed by atoms with E-state index in [4.69, 9.17) is 28.2 Å². The monoisotopic (exact) mass is 522 g/mol. The van der Waals surface area contributed by atoms with Gasteiger partial charge >= 0.3 is 6.18 Å². The van der Waals surface area contributed by atoms with E-state index >= 15 is 0 Å². The van der Waals surface area contributed by atoms with Gasteiger partial charge in [0.25, 0.3) is 11.8 Å². The molecule has 1 aliphatic rings. The van der Waals surface area contributed by atoms with Crippen molar-refractivity contribution in [3.05, 3.63) is 87.0 Å². The van der Waals surface area contributed by atoms with E-state index in [2.05, 4.69) is 5.43 Å². The maximum absolute atomic E-state index is 13.3. The van der Waals surface area contributed by atoms with Crippen LogP contribution in [0, 0.1) is 6.92 Å². The van der Waals surface area contributed by atoms with Crippen molar-refractivity contribution in [2.75, 3.05) is 0 Å². The van der Waals surface area contributed by atoms with Crippen molar-refractivity contribution >= 4 is 57.8 Å². The van der Waals surface area contributed by atoms with Gasteiger partial charge in [0.1, 0.15) is 11.5 Å². The van der Waals surface area contributed by atoms with Crippen LogP contribution in [0.2, 0.25) is 5.02 Å². The molecule has 0 spiro atoms. The molecule has 1 saturated heterocycles. The normalized spacial score (nSPS) is 15.3. The second-order valence-electron chi connectivity index (χ2n) is 7.19. The van der Waals surface area contributed by atoms with Gasteiger partial charge in [0.2, 0.25) is 0 Å². The topological polar surface area (TPSA) is 62.6 Å². The molecule has 2 amide bonds. The molecule has 0 unspecified atom stereocenters. The van der Waals surface area contributed by atoms with Gasteiger partial charge in [0.05, 0.1) is 21.1 Å². The van der Waals surface area contributed by atoms with E-state index in [1.165, 1.54) is 42.5 Å². The third-order valence-electron chi connectivity index (χ3n) is 4.77. The van der Waals surface area contributed by atoms with Gasteiger partial charge in [-0.25, -0.2) is 0 Å². The fourth-order valence-corrected chi connectivity index (χ4v) is 4.66. The number of thioether (sulfide) groups is 1. The van der Waals surface area contributed by atoms with Gasteiger partial charge in [-0.3, -0.25) is 15.0 Å². The van der Waals surface area contributed by atoms with Gasteiger partial charge in [0.15, 0.2) is 4.32 Å². The van der Waals surface area contributed by atoms with Crippen LogP contribution >= 0.6 is 35.6 Å². The van der Waals surface area contributed by atoms with Gasteiger partial charge in [-0.05, 0) is 55.0 Å². The number of aryl methyl sites for hydroxylation is 1. The van der Waals surface area contributed by atoms with Crippen molar-refractivity contribution in [3.63, 3.8) is 0 Å². The van der Waals surface area contributed by atoms with Crippen molar-refractivity contribution < 1.29 is 27.2 Å². The number of nitrogens with one attached hydrogen (secondary N) is 1. The van der Waals surface area contributed by atoms with Crippen LogP contribution in [-0.4, -0.2) is 21.1 Å². The number of hydrogen-bond acceptors (Lipinski definition) is 5. The average Bonchev–Trinajstić information content (AvgIpc) is 3.33. The summed E-state index contributed by atoms with van der Waals surface area (Å²) in [4.78, 5) is 25.5. The zero-order valence-electron chi connectivity index (χ0n) is 17.3. The summed E-state index contributed by atoms with van der Waals surface area (Å²) in [6.07, 6.45) is -3.20. The lowest BCUT2D eigenvalue weighted by molar-refractivity contribution is -0.137. The van der Waals surface area contributed by atoms with E-state index in [0.29, 0.717) is 0 Å². The summed E-state index contributed by atoms with van der Waals surface area (Å²) in [6, 6.07) is 12.7. The predicted octanol–water partition coefficient (Wildman–Crippen LogP) is 6.47. The molecule has 2 heterocycles. The largest absolute Gasteiger partial charge is 0.457 e. The van der Waals surface area contributed by atoms with E-state index in [-0.39, 0.29) is 36.9 Å². The van der Waals surface area contributed by atoms with Gasteiger partial charge in [0, 0.05) is 11.6 Å². The van der Waals surface area contributed by atoms with E-state index < -0.39 is 23.6 Å². The Labute approximate surface area is 206 Å². The van der Waals surface area contributed by atoms with Crippen LogP contribution in [0.15, 0.2) is 63.9 Å². The quantitative estimate of drug-likeness (QED) is 0.314. The second kappa shape index (κ2) is 9.28. The molecule has 174 valence electrons. The highest BCUT2D eigenvalue weighted by atomic mass is 35.5. The molecule has 11 heteroatoms. The zero-order valence-corrected chi connectivity index (χ0v) is 19.7. The molecule has 0 atom stereocenters. The van der Waals surface area contributed by atoms with Crippen LogP contribution in [0.3, 0.4) is 0 Å². The highest BCUT2D eigenvalue weighted by Gasteiger charge is 2.35. The Hall–Kier alpha value is -3.08. The molecule has 0 aliphatic carbocycles. The first-order valence-electron chi connectivity index (χ1n) is 9.66. The predicted molar refractivity (Wildman–Crippen MR) is 128 cm³/mol. The molecule has 3 aromatic rings. The molecule has 1 aliphatic heterocycles. The minimum absolute atomic E-state index is 0.00281. The fourth-order valence-electron chi connectivity index (χ4n) is 3.18. The van der Waals surface area contributed by atoms with Gasteiger partial charge in [-0.1, -0.05) is 47.6 Å². The highest BCUT2D eigenvalue weighted by molar-refractivity contribution is 8.26. The number of halogens is 4. The molecule has 5 nitrogen and oxygen atoms in total. The third-order valence-corrected chi connectivity index (χ3v) is 6.39. The van der Waals surface area contributed by atoms with Crippen LogP contribution in [0.5, 0.6) is 0 Å². The Bertz CT molecular complexity index is 1350. The highest BCUT2D eigenvalue weighted by Crippen LogP contribution is 2.38. The Morgan fingerprint density at radius 1 is 1.18 bits per heavy atom. The molecule has 1 N–H and O–H groups in total. The molecule has 1 aromatic heterocycles. The summed E-state index contributed by atoms with van der Waals surface area (Å²) in [5.74, 6) is -1.08. The van der Waals surface area contributed by atoms with Crippen LogP contribution in [0.1, 0.15) is 27.2 Å². The van der Waals surface area contributed by atoms with Gasteiger partial charge < -0.3 is 4.42 Å². The molecule has 2 aromatic carbocycles. The van der Waals surface area contributed by atoms with Crippen molar-refractivity contribution in [2.24, 2.45) is 0 Å². The third kappa shape index (κ3) is 4.89. The van der Waals surface area contributed by atoms with Crippen molar-refractivity contribution in [2.45, 2.75) is 13.1 Å². The fraction of sp³-hybridized carbons (Fsp3) is 0.0870. The summed E-state index contributed by atoms with van der Waals surface area (Å²) in [5, 5.41) is 1.13. The van der Waals surface area contributed by atoms with Crippen LogP contribution in [0.4, 0.5) is 13.2 Å². The number of amides is 2. The Morgan fingerprint density at radius 3 is 2.62 bits per heavy atom. The first-order valence-corrected chi connectivity index (χ1v) is 11.3. The Balaban J connectivity index is 1.55. The molecular weight excluding hydrogens is 509 g/mol. The van der Waals surface area contributed by atoms with E-state index in [1.807, 2.05) is 6.92 Å². The van der Waals surface area contributed by atoms with Gasteiger partial charge in [-0.2, -0.15) is 18.2 Å². The number of carbonyl (C=O) groups is 2. The number of rotatable bonds is 4. The van der Waals surface area contributed by atoms with E-state index in [0.717, 1.165) is 28.4 Å².